The first-order chi connectivity index (χ1) is 15.4. The maximum absolute atomic E-state index is 4.58. The van der Waals surface area contributed by atoms with E-state index in [9.17, 15) is 0 Å². The molecule has 1 N–H and O–H groups in total. The number of anilines is 1. The highest BCUT2D eigenvalue weighted by atomic mass is 15.4. The van der Waals surface area contributed by atoms with Crippen molar-refractivity contribution in [2.75, 3.05) is 5.43 Å². The van der Waals surface area contributed by atoms with Crippen molar-refractivity contribution >= 4 is 22.4 Å². The number of nitrogens with zero attached hydrogens (tertiary/aromatic N) is 7. The Morgan fingerprint density at radius 2 is 1.32 bits per heavy atom. The van der Waals surface area contributed by atoms with Crippen LogP contribution in [0.1, 0.15) is 11.4 Å². The molecule has 0 saturated heterocycles. The van der Waals surface area contributed by atoms with Crippen molar-refractivity contribution in [3.8, 4) is 11.4 Å². The Kier molecular flexibility index (Phi) is 5.01. The molecule has 148 valence electrons. The topological polar surface area (TPSA) is 102 Å². The van der Waals surface area contributed by atoms with Crippen molar-refractivity contribution in [1.29, 1.82) is 0 Å². The summed E-state index contributed by atoms with van der Waals surface area (Å²) in [5, 5.41) is 14.1. The zero-order valence-corrected chi connectivity index (χ0v) is 16.3. The van der Waals surface area contributed by atoms with Gasteiger partial charge in [-0.05, 0) is 48.5 Å². The average Bonchev–Trinajstić information content (AvgIpc) is 2.86. The molecule has 31 heavy (non-hydrogen) atoms. The van der Waals surface area contributed by atoms with Crippen molar-refractivity contribution in [2.24, 2.45) is 5.10 Å². The molecule has 5 rings (SSSR count). The van der Waals surface area contributed by atoms with Gasteiger partial charge in [-0.25, -0.2) is 0 Å². The minimum atomic E-state index is 0.479. The first-order valence-electron chi connectivity index (χ1n) is 9.59. The maximum Gasteiger partial charge on any atom is 0.178 e. The van der Waals surface area contributed by atoms with E-state index in [1.165, 1.54) is 0 Å². The highest BCUT2D eigenvalue weighted by Crippen LogP contribution is 2.26. The molecule has 5 aromatic rings. The Morgan fingerprint density at radius 1 is 0.645 bits per heavy atom. The van der Waals surface area contributed by atoms with E-state index in [1.54, 1.807) is 24.8 Å². The zero-order chi connectivity index (χ0) is 20.9. The van der Waals surface area contributed by atoms with E-state index >= 15 is 0 Å². The van der Waals surface area contributed by atoms with Crippen molar-refractivity contribution < 1.29 is 0 Å². The van der Waals surface area contributed by atoms with E-state index in [4.69, 9.17) is 0 Å². The molecule has 0 aliphatic rings. The van der Waals surface area contributed by atoms with Crippen LogP contribution in [0.25, 0.3) is 22.3 Å². The van der Waals surface area contributed by atoms with Gasteiger partial charge in [-0.1, -0.05) is 18.2 Å². The Hall–Kier alpha value is -4.59. The van der Waals surface area contributed by atoms with Gasteiger partial charge >= 0.3 is 0 Å². The van der Waals surface area contributed by atoms with Crippen LogP contribution in [-0.2, 0) is 0 Å². The summed E-state index contributed by atoms with van der Waals surface area (Å²) < 4.78 is 0. The number of pyridine rings is 4. The molecule has 5 aromatic heterocycles. The van der Waals surface area contributed by atoms with Crippen LogP contribution in [0.5, 0.6) is 0 Å². The lowest BCUT2D eigenvalue weighted by Crippen LogP contribution is -2.11. The summed E-state index contributed by atoms with van der Waals surface area (Å²) in [6.45, 7) is 0. The Balaban J connectivity index is 1.59. The van der Waals surface area contributed by atoms with Crippen LogP contribution in [0.3, 0.4) is 0 Å². The van der Waals surface area contributed by atoms with Crippen molar-refractivity contribution in [1.82, 2.24) is 30.1 Å². The molecule has 0 aliphatic carbocycles. The molecule has 0 fully saturated rings. The van der Waals surface area contributed by atoms with Gasteiger partial charge in [-0.3, -0.25) is 25.4 Å². The lowest BCUT2D eigenvalue weighted by atomic mass is 10.1. The minimum Gasteiger partial charge on any atom is -0.259 e. The van der Waals surface area contributed by atoms with Gasteiger partial charge in [0.2, 0.25) is 0 Å². The summed E-state index contributed by atoms with van der Waals surface area (Å²) in [6, 6.07) is 20.7. The molecule has 8 heteroatoms. The second-order valence-corrected chi connectivity index (χ2v) is 6.51. The molecule has 0 amide bonds. The number of hydrogen-bond acceptors (Lipinski definition) is 8. The third-order valence-electron chi connectivity index (χ3n) is 4.53. The van der Waals surface area contributed by atoms with Crippen molar-refractivity contribution in [3.63, 3.8) is 0 Å². The van der Waals surface area contributed by atoms with E-state index in [-0.39, 0.29) is 0 Å². The minimum absolute atomic E-state index is 0.479. The average molecular weight is 404 g/mol. The van der Waals surface area contributed by atoms with Gasteiger partial charge in [-0.15, -0.1) is 10.2 Å². The number of hydrogen-bond donors (Lipinski definition) is 1. The van der Waals surface area contributed by atoms with Crippen LogP contribution < -0.4 is 5.43 Å². The summed E-state index contributed by atoms with van der Waals surface area (Å²) in [4.78, 5) is 17.7. The van der Waals surface area contributed by atoms with Crippen LogP contribution in [0.2, 0.25) is 0 Å². The monoisotopic (exact) mass is 404 g/mol. The molecule has 0 spiro atoms. The second-order valence-electron chi connectivity index (χ2n) is 6.51. The zero-order valence-electron chi connectivity index (χ0n) is 16.3. The quantitative estimate of drug-likeness (QED) is 0.352. The van der Waals surface area contributed by atoms with Crippen molar-refractivity contribution in [3.05, 3.63) is 103 Å². The molecule has 5 heterocycles. The van der Waals surface area contributed by atoms with E-state index in [0.717, 1.165) is 5.39 Å². The van der Waals surface area contributed by atoms with E-state index in [1.807, 2.05) is 66.7 Å². The van der Waals surface area contributed by atoms with Gasteiger partial charge in [0.15, 0.2) is 5.82 Å². The third-order valence-corrected chi connectivity index (χ3v) is 4.53. The number of hydrazone groups is 1. The number of aromatic nitrogens is 6. The van der Waals surface area contributed by atoms with Crippen LogP contribution in [0.4, 0.5) is 5.82 Å². The highest BCUT2D eigenvalue weighted by Gasteiger charge is 2.14. The smallest absolute Gasteiger partial charge is 0.178 e. The summed E-state index contributed by atoms with van der Waals surface area (Å²) in [7, 11) is 0. The Morgan fingerprint density at radius 3 is 1.97 bits per heavy atom. The van der Waals surface area contributed by atoms with E-state index < -0.39 is 0 Å². The Bertz CT molecular complexity index is 1300. The van der Waals surface area contributed by atoms with Crippen molar-refractivity contribution in [2.45, 2.75) is 0 Å². The summed E-state index contributed by atoms with van der Waals surface area (Å²) in [5.74, 6) is 0.479. The predicted octanol–water partition coefficient (Wildman–Crippen LogP) is 3.74. The standard InChI is InChI=1S/C23H16N8/c1-4-12-24-17(9-1)21(18-10-2-5-13-25-18)28-30-23-16-8-7-15-27-20(16)22(29-31-23)19-11-3-6-14-26-19/h1-15H,(H,30,31). The molecule has 0 saturated carbocycles. The second kappa shape index (κ2) is 8.42. The van der Waals surface area contributed by atoms with Gasteiger partial charge in [0.25, 0.3) is 0 Å². The van der Waals surface area contributed by atoms with Gasteiger partial charge in [0, 0.05) is 30.2 Å². The predicted molar refractivity (Wildman–Crippen MR) is 118 cm³/mol. The number of nitrogens with one attached hydrogen (secondary N) is 1. The fourth-order valence-corrected chi connectivity index (χ4v) is 3.10. The molecule has 0 unspecified atom stereocenters. The molecular weight excluding hydrogens is 388 g/mol. The fourth-order valence-electron chi connectivity index (χ4n) is 3.10. The van der Waals surface area contributed by atoms with Gasteiger partial charge < -0.3 is 0 Å². The summed E-state index contributed by atoms with van der Waals surface area (Å²) >= 11 is 0. The van der Waals surface area contributed by atoms with E-state index in [0.29, 0.717) is 39.8 Å². The SMILES string of the molecule is c1ccc(C(=NNc2nnc(-c3ccccn3)c3ncccc23)c2ccccn2)nc1. The summed E-state index contributed by atoms with van der Waals surface area (Å²) in [6.07, 6.45) is 6.87. The van der Waals surface area contributed by atoms with Crippen LogP contribution in [-0.4, -0.2) is 35.8 Å². The molecule has 0 atom stereocenters. The van der Waals surface area contributed by atoms with Crippen LogP contribution >= 0.6 is 0 Å². The van der Waals surface area contributed by atoms with Crippen LogP contribution in [0, 0.1) is 0 Å². The lowest BCUT2D eigenvalue weighted by Gasteiger charge is -2.09. The molecular formula is C23H16N8. The van der Waals surface area contributed by atoms with Gasteiger partial charge in [0.1, 0.15) is 16.9 Å². The van der Waals surface area contributed by atoms with Gasteiger partial charge in [-0.2, -0.15) is 5.10 Å². The molecule has 8 nitrogen and oxygen atoms in total. The third kappa shape index (κ3) is 3.82. The Labute approximate surface area is 177 Å². The first-order valence-corrected chi connectivity index (χ1v) is 9.59. The lowest BCUT2D eigenvalue weighted by molar-refractivity contribution is 1.03. The molecule has 0 radical (unpaired) electrons. The fraction of sp³-hybridized carbons (Fsp3) is 0. The normalized spacial score (nSPS) is 10.6. The molecule has 0 aliphatic heterocycles. The highest BCUT2D eigenvalue weighted by molar-refractivity contribution is 6.10. The summed E-state index contributed by atoms with van der Waals surface area (Å²) in [5.41, 5.74) is 7.01. The van der Waals surface area contributed by atoms with E-state index in [2.05, 4.69) is 40.7 Å². The number of rotatable bonds is 5. The molecule has 0 aromatic carbocycles. The molecule has 0 bridgehead atoms. The van der Waals surface area contributed by atoms with Crippen LogP contribution in [0.15, 0.2) is 96.6 Å². The first kappa shape index (κ1) is 18.4. The maximum atomic E-state index is 4.58. The van der Waals surface area contributed by atoms with Gasteiger partial charge in [0.05, 0.1) is 17.1 Å². The largest absolute Gasteiger partial charge is 0.259 e. The number of fused-ring (bicyclic) bond motifs is 1.